The summed E-state index contributed by atoms with van der Waals surface area (Å²) in [5, 5.41) is 7.10. The molecule has 3 fully saturated rings. The summed E-state index contributed by atoms with van der Waals surface area (Å²) >= 11 is -1.35. The van der Waals surface area contributed by atoms with Gasteiger partial charge >= 0.3 is 6.43 Å². The molecule has 8 nitrogen and oxygen atoms in total. The summed E-state index contributed by atoms with van der Waals surface area (Å²) in [5.41, 5.74) is 2.71. The van der Waals surface area contributed by atoms with E-state index in [1.54, 1.807) is 12.1 Å². The molecule has 1 unspecified atom stereocenters. The smallest absolute Gasteiger partial charge is 0.314 e. The Labute approximate surface area is 216 Å². The highest BCUT2D eigenvalue weighted by Crippen LogP contribution is 2.42. The summed E-state index contributed by atoms with van der Waals surface area (Å²) in [6.07, 6.45) is -0.712. The van der Waals surface area contributed by atoms with Crippen LogP contribution in [0.15, 0.2) is 59.0 Å². The Hall–Kier alpha value is -2.73. The molecule has 0 bridgehead atoms. The third-order valence-electron chi connectivity index (χ3n) is 7.60. The van der Waals surface area contributed by atoms with Crippen LogP contribution in [-0.2, 0) is 22.5 Å². The van der Waals surface area contributed by atoms with Crippen molar-refractivity contribution in [2.45, 2.75) is 31.9 Å². The summed E-state index contributed by atoms with van der Waals surface area (Å²) in [4.78, 5) is 2.53. The van der Waals surface area contributed by atoms with Crippen LogP contribution in [0, 0.1) is 5.41 Å². The monoisotopic (exact) mass is 529 g/mol. The van der Waals surface area contributed by atoms with E-state index in [4.69, 9.17) is 9.15 Å². The van der Waals surface area contributed by atoms with Gasteiger partial charge in [-0.1, -0.05) is 30.3 Å². The van der Waals surface area contributed by atoms with Gasteiger partial charge in [0.2, 0.25) is 5.89 Å². The molecule has 1 aromatic heterocycles. The van der Waals surface area contributed by atoms with E-state index in [9.17, 15) is 13.0 Å². The van der Waals surface area contributed by atoms with Crippen molar-refractivity contribution in [2.24, 2.45) is 5.41 Å². The van der Waals surface area contributed by atoms with Crippen LogP contribution in [0.4, 0.5) is 14.5 Å². The topological polar surface area (TPSA) is 74.9 Å². The summed E-state index contributed by atoms with van der Waals surface area (Å²) in [7, 11) is 0. The van der Waals surface area contributed by atoms with E-state index in [0.717, 1.165) is 63.5 Å². The predicted octanol–water partition coefficient (Wildman–Crippen LogP) is 4.06. The maximum absolute atomic E-state index is 13.8. The molecule has 4 heterocycles. The Bertz CT molecular complexity index is 1220. The number of piperidine rings is 1. The Balaban J connectivity index is 1.13. The molecule has 0 saturated carbocycles. The van der Waals surface area contributed by atoms with Gasteiger partial charge in [0, 0.05) is 31.7 Å². The Morgan fingerprint density at radius 3 is 2.32 bits per heavy atom. The molecule has 196 valence electrons. The maximum atomic E-state index is 13.8. The molecule has 3 aliphatic heterocycles. The lowest BCUT2D eigenvalue weighted by Crippen LogP contribution is -2.66. The van der Waals surface area contributed by atoms with Crippen LogP contribution in [0.5, 0.6) is 0 Å². The van der Waals surface area contributed by atoms with E-state index in [-0.39, 0.29) is 5.89 Å². The third-order valence-corrected chi connectivity index (χ3v) is 9.13. The highest BCUT2D eigenvalue weighted by molar-refractivity contribution is 7.84. The van der Waals surface area contributed by atoms with Gasteiger partial charge in [0.15, 0.2) is 11.2 Å². The van der Waals surface area contributed by atoms with E-state index < -0.39 is 23.5 Å². The first kappa shape index (κ1) is 24.6. The van der Waals surface area contributed by atoms with Gasteiger partial charge in [-0.05, 0) is 48.1 Å². The van der Waals surface area contributed by atoms with Crippen LogP contribution in [-0.4, -0.2) is 69.0 Å². The zero-order valence-corrected chi connectivity index (χ0v) is 21.2. The number of halogens is 2. The molecule has 37 heavy (non-hydrogen) atoms. The molecular weight excluding hydrogens is 500 g/mol. The zero-order chi connectivity index (χ0) is 25.4. The van der Waals surface area contributed by atoms with Crippen molar-refractivity contribution >= 4 is 16.9 Å². The molecule has 11 heteroatoms. The van der Waals surface area contributed by atoms with Crippen molar-refractivity contribution in [3.63, 3.8) is 0 Å². The van der Waals surface area contributed by atoms with Gasteiger partial charge < -0.3 is 9.15 Å². The number of hydrogen-bond acceptors (Lipinski definition) is 6. The molecule has 2 aromatic carbocycles. The highest BCUT2D eigenvalue weighted by Gasteiger charge is 2.49. The minimum atomic E-state index is -2.81. The van der Waals surface area contributed by atoms with Crippen molar-refractivity contribution in [3.8, 4) is 11.5 Å². The van der Waals surface area contributed by atoms with Gasteiger partial charge in [-0.25, -0.2) is 8.51 Å². The quantitative estimate of drug-likeness (QED) is 0.438. The van der Waals surface area contributed by atoms with Gasteiger partial charge in [-0.2, -0.15) is 8.78 Å². The molecule has 3 aromatic rings. The number of benzene rings is 2. The van der Waals surface area contributed by atoms with Gasteiger partial charge in [0.05, 0.1) is 31.5 Å². The molecule has 3 saturated heterocycles. The number of aromatic nitrogens is 2. The fraction of sp³-hybridized carbons (Fsp3) is 0.462. The lowest BCUT2D eigenvalue weighted by atomic mass is 9.71. The molecule has 6 rings (SSSR count). The largest absolute Gasteiger partial charge is 0.415 e. The molecule has 1 spiro atoms. The third kappa shape index (κ3) is 5.05. The van der Waals surface area contributed by atoms with Gasteiger partial charge in [0.1, 0.15) is 0 Å². The van der Waals surface area contributed by atoms with Gasteiger partial charge in [-0.3, -0.25) is 9.21 Å². The van der Waals surface area contributed by atoms with Crippen molar-refractivity contribution in [3.05, 3.63) is 66.1 Å². The van der Waals surface area contributed by atoms with E-state index in [1.807, 2.05) is 46.8 Å². The van der Waals surface area contributed by atoms with Gasteiger partial charge in [-0.15, -0.1) is 10.2 Å². The summed E-state index contributed by atoms with van der Waals surface area (Å²) in [6, 6.07) is 17.6. The first-order valence-corrected chi connectivity index (χ1v) is 13.6. The van der Waals surface area contributed by atoms with Crippen LogP contribution in [0.3, 0.4) is 0 Å². The molecule has 0 N–H and O–H groups in total. The van der Waals surface area contributed by atoms with E-state index >= 15 is 0 Å². The number of hydrogen-bond donors (Lipinski definition) is 0. The number of alkyl halides is 2. The van der Waals surface area contributed by atoms with E-state index in [0.29, 0.717) is 23.6 Å². The number of para-hydroxylation sites is 1. The van der Waals surface area contributed by atoms with Crippen LogP contribution in [0.25, 0.3) is 11.5 Å². The average Bonchev–Trinajstić information content (AvgIpc) is 3.37. The lowest BCUT2D eigenvalue weighted by Gasteiger charge is -2.57. The second kappa shape index (κ2) is 10.2. The first-order chi connectivity index (χ1) is 18.0. The molecular formula is C26H29F2N5O3S. The molecule has 0 aliphatic carbocycles. The van der Waals surface area contributed by atoms with Gasteiger partial charge in [0.25, 0.3) is 5.89 Å². The summed E-state index contributed by atoms with van der Waals surface area (Å²) in [5.74, 6) is -0.647. The first-order valence-electron chi connectivity index (χ1n) is 12.5. The summed E-state index contributed by atoms with van der Waals surface area (Å²) in [6.45, 7) is 5.97. The Kier molecular flexibility index (Phi) is 6.78. The van der Waals surface area contributed by atoms with Crippen molar-refractivity contribution in [1.29, 1.82) is 0 Å². The maximum Gasteiger partial charge on any atom is 0.314 e. The fourth-order valence-electron chi connectivity index (χ4n) is 5.27. The van der Waals surface area contributed by atoms with Crippen LogP contribution in [0.2, 0.25) is 0 Å². The summed E-state index contributed by atoms with van der Waals surface area (Å²) < 4.78 is 53.8. The second-order valence-corrected chi connectivity index (χ2v) is 11.5. The zero-order valence-electron chi connectivity index (χ0n) is 20.3. The minimum Gasteiger partial charge on any atom is -0.415 e. The van der Waals surface area contributed by atoms with E-state index in [1.165, 1.54) is 0 Å². The Morgan fingerprint density at radius 2 is 1.73 bits per heavy atom. The van der Waals surface area contributed by atoms with Crippen molar-refractivity contribution < 1.29 is 22.1 Å². The molecule has 0 radical (unpaired) electrons. The van der Waals surface area contributed by atoms with Crippen LogP contribution >= 0.6 is 0 Å². The number of ether oxygens (including phenoxy) is 1. The molecule has 0 amide bonds. The van der Waals surface area contributed by atoms with Crippen LogP contribution < -0.4 is 4.31 Å². The van der Waals surface area contributed by atoms with Crippen LogP contribution in [0.1, 0.15) is 30.7 Å². The second-order valence-electron chi connectivity index (χ2n) is 10.1. The molecule has 3 aliphatic rings. The van der Waals surface area contributed by atoms with Crippen molar-refractivity contribution in [1.82, 2.24) is 19.4 Å². The van der Waals surface area contributed by atoms with E-state index in [2.05, 4.69) is 19.4 Å². The predicted molar refractivity (Wildman–Crippen MR) is 135 cm³/mol. The normalized spacial score (nSPS) is 21.1. The average molecular weight is 530 g/mol. The number of nitrogens with zero attached hydrogens (tertiary/aromatic N) is 5. The standard InChI is InChI=1S/C26H29F2N5O3S/c27-23(28)25-30-29-24(36-25)20-8-6-19(7-9-20)14-33(21-4-2-1-3-5-21)37(34)32-12-10-26(11-13-32)17-31(18-26)22-15-35-16-22/h1-9,22-23H,10-18H2. The lowest BCUT2D eigenvalue weighted by molar-refractivity contribution is -0.140. The minimum absolute atomic E-state index is 0.0481. The fourth-order valence-corrected chi connectivity index (χ4v) is 6.60. The van der Waals surface area contributed by atoms with Crippen molar-refractivity contribution in [2.75, 3.05) is 43.7 Å². The molecule has 1 atom stereocenters. The SMILES string of the molecule is O=S(N1CCC2(CC1)CN(C1COC1)C2)N(Cc1ccc(-c2nnc(C(F)F)o2)cc1)c1ccccc1. The number of likely N-dealkylation sites (tertiary alicyclic amines) is 1. The Morgan fingerprint density at radius 1 is 1.03 bits per heavy atom. The number of anilines is 1. The highest BCUT2D eigenvalue weighted by atomic mass is 32.2. The number of rotatable bonds is 8.